The molecule has 26 heavy (non-hydrogen) atoms. The number of methoxy groups -OCH3 is 1. The van der Waals surface area contributed by atoms with Gasteiger partial charge >= 0.3 is 0 Å². The summed E-state index contributed by atoms with van der Waals surface area (Å²) in [4.78, 5) is 32.4. The van der Waals surface area contributed by atoms with E-state index >= 15 is 0 Å². The molecule has 1 fully saturated rings. The summed E-state index contributed by atoms with van der Waals surface area (Å²) in [5.74, 6) is -0.161. The second-order valence-electron chi connectivity index (χ2n) is 6.02. The number of ether oxygens (including phenoxy) is 1. The van der Waals surface area contributed by atoms with Gasteiger partial charge in [-0.3, -0.25) is 14.6 Å². The maximum atomic E-state index is 13.4. The molecule has 0 N–H and O–H groups in total. The van der Waals surface area contributed by atoms with Crippen LogP contribution in [0.1, 0.15) is 16.1 Å². The maximum Gasteiger partial charge on any atom is 0.272 e. The standard InChI is InChI=1S/C19H20FN3O3/c1-26-17-6-5-15(20)12-14(17)13-18(24)22-8-10-23(11-9-22)19(25)16-4-2-3-7-21-16/h2-7,12H,8-11,13H2,1H3. The lowest BCUT2D eigenvalue weighted by Gasteiger charge is -2.34. The van der Waals surface area contributed by atoms with Crippen molar-refractivity contribution in [1.82, 2.24) is 14.8 Å². The molecule has 2 aromatic rings. The summed E-state index contributed by atoms with van der Waals surface area (Å²) in [6.45, 7) is 1.77. The molecule has 1 saturated heterocycles. The van der Waals surface area contributed by atoms with Crippen LogP contribution in [0.2, 0.25) is 0 Å². The van der Waals surface area contributed by atoms with Crippen molar-refractivity contribution in [2.75, 3.05) is 33.3 Å². The zero-order valence-electron chi connectivity index (χ0n) is 14.5. The second kappa shape index (κ2) is 7.95. The summed E-state index contributed by atoms with van der Waals surface area (Å²) in [6.07, 6.45) is 1.65. The lowest BCUT2D eigenvalue weighted by molar-refractivity contribution is -0.131. The number of carbonyl (C=O) groups excluding carboxylic acids is 2. The van der Waals surface area contributed by atoms with Crippen LogP contribution in [0.3, 0.4) is 0 Å². The minimum Gasteiger partial charge on any atom is -0.496 e. The quantitative estimate of drug-likeness (QED) is 0.836. The number of amides is 2. The van der Waals surface area contributed by atoms with Crippen LogP contribution in [0.25, 0.3) is 0 Å². The van der Waals surface area contributed by atoms with Crippen molar-refractivity contribution in [1.29, 1.82) is 0 Å². The Balaban J connectivity index is 1.59. The molecule has 136 valence electrons. The predicted molar refractivity (Wildman–Crippen MR) is 93.4 cm³/mol. The molecular weight excluding hydrogens is 337 g/mol. The van der Waals surface area contributed by atoms with E-state index in [1.54, 1.807) is 34.2 Å². The van der Waals surface area contributed by atoms with Crippen molar-refractivity contribution in [2.24, 2.45) is 0 Å². The summed E-state index contributed by atoms with van der Waals surface area (Å²) >= 11 is 0. The van der Waals surface area contributed by atoms with Crippen LogP contribution in [-0.4, -0.2) is 59.9 Å². The van der Waals surface area contributed by atoms with Gasteiger partial charge in [0.2, 0.25) is 5.91 Å². The Labute approximate surface area is 151 Å². The van der Waals surface area contributed by atoms with Crippen LogP contribution in [-0.2, 0) is 11.2 Å². The molecule has 1 aromatic heterocycles. The highest BCUT2D eigenvalue weighted by atomic mass is 19.1. The Bertz CT molecular complexity index is 790. The monoisotopic (exact) mass is 357 g/mol. The van der Waals surface area contributed by atoms with E-state index in [4.69, 9.17) is 4.74 Å². The minimum atomic E-state index is -0.403. The average Bonchev–Trinajstić information content (AvgIpc) is 2.68. The molecule has 0 bridgehead atoms. The van der Waals surface area contributed by atoms with Crippen LogP contribution in [0.15, 0.2) is 42.6 Å². The van der Waals surface area contributed by atoms with E-state index in [1.807, 2.05) is 0 Å². The van der Waals surface area contributed by atoms with Gasteiger partial charge in [-0.15, -0.1) is 0 Å². The fourth-order valence-corrected chi connectivity index (χ4v) is 2.97. The Hall–Kier alpha value is -2.96. The Morgan fingerprint density at radius 1 is 1.12 bits per heavy atom. The number of rotatable bonds is 4. The van der Waals surface area contributed by atoms with Crippen LogP contribution in [0.4, 0.5) is 4.39 Å². The minimum absolute atomic E-state index is 0.0646. The first-order valence-corrected chi connectivity index (χ1v) is 8.39. The largest absolute Gasteiger partial charge is 0.496 e. The van der Waals surface area contributed by atoms with Crippen molar-refractivity contribution in [3.63, 3.8) is 0 Å². The third-order valence-corrected chi connectivity index (χ3v) is 4.39. The molecular formula is C19H20FN3O3. The van der Waals surface area contributed by atoms with Gasteiger partial charge in [-0.25, -0.2) is 4.39 Å². The summed E-state index contributed by atoms with van der Waals surface area (Å²) in [5.41, 5.74) is 0.918. The molecule has 0 radical (unpaired) electrons. The van der Waals surface area contributed by atoms with E-state index in [1.165, 1.54) is 25.3 Å². The van der Waals surface area contributed by atoms with E-state index in [9.17, 15) is 14.0 Å². The molecule has 1 aliphatic heterocycles. The molecule has 2 amide bonds. The first-order valence-electron chi connectivity index (χ1n) is 8.39. The van der Waals surface area contributed by atoms with E-state index in [0.29, 0.717) is 43.2 Å². The van der Waals surface area contributed by atoms with Crippen molar-refractivity contribution in [3.05, 3.63) is 59.7 Å². The fraction of sp³-hybridized carbons (Fsp3) is 0.316. The number of benzene rings is 1. The third kappa shape index (κ3) is 3.99. The number of hydrogen-bond acceptors (Lipinski definition) is 4. The molecule has 2 heterocycles. The molecule has 0 aliphatic carbocycles. The van der Waals surface area contributed by atoms with Gasteiger partial charge in [-0.2, -0.15) is 0 Å². The predicted octanol–water partition coefficient (Wildman–Crippen LogP) is 1.76. The van der Waals surface area contributed by atoms with Gasteiger partial charge in [0.15, 0.2) is 0 Å². The van der Waals surface area contributed by atoms with E-state index < -0.39 is 5.82 Å². The van der Waals surface area contributed by atoms with Gasteiger partial charge < -0.3 is 14.5 Å². The molecule has 6 nitrogen and oxygen atoms in total. The van der Waals surface area contributed by atoms with Gasteiger partial charge in [0.25, 0.3) is 5.91 Å². The number of carbonyl (C=O) groups is 2. The molecule has 7 heteroatoms. The molecule has 1 aromatic carbocycles. The second-order valence-corrected chi connectivity index (χ2v) is 6.02. The summed E-state index contributed by atoms with van der Waals surface area (Å²) in [6, 6.07) is 9.34. The number of pyridine rings is 1. The normalized spacial score (nSPS) is 14.2. The summed E-state index contributed by atoms with van der Waals surface area (Å²) in [7, 11) is 1.49. The zero-order chi connectivity index (χ0) is 18.5. The number of halogens is 1. The van der Waals surface area contributed by atoms with Crippen molar-refractivity contribution < 1.29 is 18.7 Å². The Morgan fingerprint density at radius 3 is 2.50 bits per heavy atom. The SMILES string of the molecule is COc1ccc(F)cc1CC(=O)N1CCN(C(=O)c2ccccn2)CC1. The van der Waals surface area contributed by atoms with Crippen LogP contribution >= 0.6 is 0 Å². The molecule has 0 atom stereocenters. The molecule has 1 aliphatic rings. The topological polar surface area (TPSA) is 62.7 Å². The first kappa shape index (κ1) is 17.8. The van der Waals surface area contributed by atoms with Gasteiger partial charge in [0.05, 0.1) is 13.5 Å². The lowest BCUT2D eigenvalue weighted by atomic mass is 10.1. The number of piperazine rings is 1. The summed E-state index contributed by atoms with van der Waals surface area (Å²) < 4.78 is 18.6. The third-order valence-electron chi connectivity index (χ3n) is 4.39. The van der Waals surface area contributed by atoms with Gasteiger partial charge in [0.1, 0.15) is 17.3 Å². The average molecular weight is 357 g/mol. The van der Waals surface area contributed by atoms with Crippen LogP contribution in [0, 0.1) is 5.82 Å². The molecule has 0 unspecified atom stereocenters. The van der Waals surface area contributed by atoms with Gasteiger partial charge in [-0.05, 0) is 30.3 Å². The zero-order valence-corrected chi connectivity index (χ0v) is 14.5. The van der Waals surface area contributed by atoms with E-state index in [0.717, 1.165) is 0 Å². The molecule has 0 spiro atoms. The number of hydrogen-bond donors (Lipinski definition) is 0. The van der Waals surface area contributed by atoms with Crippen LogP contribution < -0.4 is 4.74 Å². The Kier molecular flexibility index (Phi) is 5.46. The van der Waals surface area contributed by atoms with E-state index in [-0.39, 0.29) is 18.2 Å². The van der Waals surface area contributed by atoms with Crippen LogP contribution in [0.5, 0.6) is 5.75 Å². The summed E-state index contributed by atoms with van der Waals surface area (Å²) in [5, 5.41) is 0. The highest BCUT2D eigenvalue weighted by Crippen LogP contribution is 2.21. The molecule has 0 saturated carbocycles. The smallest absolute Gasteiger partial charge is 0.272 e. The maximum absolute atomic E-state index is 13.4. The van der Waals surface area contributed by atoms with Crippen molar-refractivity contribution >= 4 is 11.8 Å². The van der Waals surface area contributed by atoms with Gasteiger partial charge in [0, 0.05) is 37.9 Å². The number of aromatic nitrogens is 1. The first-order chi connectivity index (χ1) is 12.6. The van der Waals surface area contributed by atoms with Gasteiger partial charge in [-0.1, -0.05) is 6.07 Å². The van der Waals surface area contributed by atoms with Crippen molar-refractivity contribution in [2.45, 2.75) is 6.42 Å². The lowest BCUT2D eigenvalue weighted by Crippen LogP contribution is -2.51. The highest BCUT2D eigenvalue weighted by Gasteiger charge is 2.25. The number of nitrogens with zero attached hydrogens (tertiary/aromatic N) is 3. The van der Waals surface area contributed by atoms with Crippen molar-refractivity contribution in [3.8, 4) is 5.75 Å². The molecule has 3 rings (SSSR count). The Morgan fingerprint density at radius 2 is 1.85 bits per heavy atom. The highest BCUT2D eigenvalue weighted by molar-refractivity contribution is 5.92. The fourth-order valence-electron chi connectivity index (χ4n) is 2.97. The van der Waals surface area contributed by atoms with E-state index in [2.05, 4.69) is 4.98 Å².